The van der Waals surface area contributed by atoms with Crippen LogP contribution >= 0.6 is 27.5 Å². The lowest BCUT2D eigenvalue weighted by molar-refractivity contribution is 0.0598. The topological polar surface area (TPSA) is 27.1 Å². The van der Waals surface area contributed by atoms with Gasteiger partial charge < -0.3 is 4.74 Å². The largest absolute Gasteiger partial charge is 0.381 e. The van der Waals surface area contributed by atoms with Gasteiger partial charge in [0.25, 0.3) is 0 Å². The minimum Gasteiger partial charge on any atom is -0.381 e. The van der Waals surface area contributed by atoms with Crippen LogP contribution in [0.1, 0.15) is 31.7 Å². The van der Waals surface area contributed by atoms with Crippen molar-refractivity contribution in [1.29, 1.82) is 0 Å². The van der Waals surface area contributed by atoms with Crippen LogP contribution in [-0.4, -0.2) is 27.8 Å². The van der Waals surface area contributed by atoms with Gasteiger partial charge in [-0.2, -0.15) is 5.10 Å². The lowest BCUT2D eigenvalue weighted by Gasteiger charge is -2.27. The van der Waals surface area contributed by atoms with E-state index in [1.807, 2.05) is 4.68 Å². The van der Waals surface area contributed by atoms with Gasteiger partial charge in [0.2, 0.25) is 0 Å². The van der Waals surface area contributed by atoms with Gasteiger partial charge in [0, 0.05) is 23.9 Å². The van der Waals surface area contributed by atoms with Gasteiger partial charge in [-0.05, 0) is 26.2 Å². The van der Waals surface area contributed by atoms with Crippen molar-refractivity contribution in [2.24, 2.45) is 5.92 Å². The number of rotatable bonds is 4. The molecule has 1 saturated heterocycles. The summed E-state index contributed by atoms with van der Waals surface area (Å²) in [5.41, 5.74) is 2.17. The van der Waals surface area contributed by atoms with Gasteiger partial charge in [-0.1, -0.05) is 34.5 Å². The van der Waals surface area contributed by atoms with E-state index in [0.717, 1.165) is 55.4 Å². The van der Waals surface area contributed by atoms with Gasteiger partial charge in [-0.25, -0.2) is 0 Å². The summed E-state index contributed by atoms with van der Waals surface area (Å²) in [5.74, 6) is 0.489. The third-order valence-corrected chi connectivity index (χ3v) is 5.17. The monoisotopic (exact) mass is 334 g/mol. The van der Waals surface area contributed by atoms with Crippen LogP contribution in [-0.2, 0) is 24.1 Å². The zero-order valence-corrected chi connectivity index (χ0v) is 13.3. The Morgan fingerprint density at radius 3 is 2.89 bits per heavy atom. The zero-order valence-electron chi connectivity index (χ0n) is 11.0. The number of halogens is 2. The van der Waals surface area contributed by atoms with Gasteiger partial charge in [-0.3, -0.25) is 4.68 Å². The summed E-state index contributed by atoms with van der Waals surface area (Å²) >= 11 is 10.2. The quantitative estimate of drug-likeness (QED) is 0.788. The highest BCUT2D eigenvalue weighted by Gasteiger charge is 2.26. The molecule has 2 rings (SSSR count). The molecular weight excluding hydrogens is 316 g/mol. The number of hydrogen-bond acceptors (Lipinski definition) is 2. The van der Waals surface area contributed by atoms with Crippen molar-refractivity contribution in [2.75, 3.05) is 13.2 Å². The van der Waals surface area contributed by atoms with E-state index in [9.17, 15) is 0 Å². The van der Waals surface area contributed by atoms with Gasteiger partial charge in [0.1, 0.15) is 0 Å². The Balaban J connectivity index is 2.19. The normalized spacial score (nSPS) is 24.4. The molecule has 18 heavy (non-hydrogen) atoms. The van der Waals surface area contributed by atoms with E-state index >= 15 is 0 Å². The van der Waals surface area contributed by atoms with Gasteiger partial charge >= 0.3 is 0 Å². The molecule has 0 radical (unpaired) electrons. The van der Waals surface area contributed by atoms with Gasteiger partial charge in [-0.15, -0.1) is 0 Å². The zero-order chi connectivity index (χ0) is 13.1. The molecule has 2 heterocycles. The van der Waals surface area contributed by atoms with Crippen LogP contribution in [0.2, 0.25) is 5.02 Å². The van der Waals surface area contributed by atoms with Crippen molar-refractivity contribution >= 4 is 27.5 Å². The number of nitrogens with zero attached hydrogens (tertiary/aromatic N) is 2. The van der Waals surface area contributed by atoms with Crippen molar-refractivity contribution < 1.29 is 4.74 Å². The first kappa shape index (κ1) is 14.4. The number of hydrogen-bond donors (Lipinski definition) is 0. The van der Waals surface area contributed by atoms with Crippen LogP contribution in [0.5, 0.6) is 0 Å². The minimum absolute atomic E-state index is 0.489. The molecule has 3 nitrogen and oxygen atoms in total. The first-order valence-corrected chi connectivity index (χ1v) is 7.92. The molecule has 2 atom stereocenters. The molecule has 0 amide bonds. The second-order valence-electron chi connectivity index (χ2n) is 4.72. The summed E-state index contributed by atoms with van der Waals surface area (Å²) in [4.78, 5) is 0.521. The van der Waals surface area contributed by atoms with Crippen molar-refractivity contribution in [3.05, 3.63) is 16.4 Å². The second-order valence-corrected chi connectivity index (χ2v) is 6.27. The van der Waals surface area contributed by atoms with E-state index in [1.54, 1.807) is 0 Å². The summed E-state index contributed by atoms with van der Waals surface area (Å²) in [6, 6.07) is 0. The third kappa shape index (κ3) is 2.91. The Labute approximate surface area is 122 Å². The van der Waals surface area contributed by atoms with Crippen LogP contribution in [0, 0.1) is 5.92 Å². The first-order chi connectivity index (χ1) is 8.67. The predicted octanol–water partition coefficient (Wildman–Crippen LogP) is 3.46. The third-order valence-electron chi connectivity index (χ3n) is 3.53. The van der Waals surface area contributed by atoms with Crippen molar-refractivity contribution in [3.63, 3.8) is 0 Å². The fraction of sp³-hybridized carbons (Fsp3) is 0.769. The van der Waals surface area contributed by atoms with Crippen LogP contribution in [0.4, 0.5) is 0 Å². The Bertz CT molecular complexity index is 408. The van der Waals surface area contributed by atoms with E-state index in [2.05, 4.69) is 34.9 Å². The first-order valence-electron chi connectivity index (χ1n) is 6.63. The van der Waals surface area contributed by atoms with E-state index < -0.39 is 0 Å². The molecule has 2 unspecified atom stereocenters. The van der Waals surface area contributed by atoms with Crippen LogP contribution < -0.4 is 0 Å². The molecule has 1 aromatic rings. The van der Waals surface area contributed by atoms with Gasteiger partial charge in [0.05, 0.1) is 23.0 Å². The highest BCUT2D eigenvalue weighted by Crippen LogP contribution is 2.30. The van der Waals surface area contributed by atoms with Crippen molar-refractivity contribution in [1.82, 2.24) is 9.78 Å². The molecule has 0 N–H and O–H groups in total. The maximum Gasteiger partial charge on any atom is 0.0849 e. The number of ether oxygens (including phenoxy) is 1. The molecule has 1 aliphatic heterocycles. The second kappa shape index (κ2) is 6.40. The molecule has 0 aliphatic carbocycles. The molecule has 1 fully saturated rings. The highest BCUT2D eigenvalue weighted by molar-refractivity contribution is 9.09. The van der Waals surface area contributed by atoms with E-state index in [1.165, 1.54) is 0 Å². The van der Waals surface area contributed by atoms with Crippen molar-refractivity contribution in [2.45, 2.75) is 44.5 Å². The Morgan fingerprint density at radius 2 is 2.28 bits per heavy atom. The average Bonchev–Trinajstić information content (AvgIpc) is 2.69. The molecule has 1 aliphatic rings. The summed E-state index contributed by atoms with van der Waals surface area (Å²) < 4.78 is 7.61. The van der Waals surface area contributed by atoms with Crippen LogP contribution in [0.3, 0.4) is 0 Å². The fourth-order valence-electron chi connectivity index (χ4n) is 2.42. The lowest BCUT2D eigenvalue weighted by Crippen LogP contribution is -2.30. The van der Waals surface area contributed by atoms with Gasteiger partial charge in [0.15, 0.2) is 0 Å². The summed E-state index contributed by atoms with van der Waals surface area (Å²) in [6.07, 6.45) is 2.90. The van der Waals surface area contributed by atoms with Crippen LogP contribution in [0.25, 0.3) is 0 Å². The Morgan fingerprint density at radius 1 is 1.50 bits per heavy atom. The molecule has 102 valence electrons. The number of alkyl halides is 1. The molecule has 0 bridgehead atoms. The summed E-state index contributed by atoms with van der Waals surface area (Å²) in [7, 11) is 0. The van der Waals surface area contributed by atoms with E-state index in [-0.39, 0.29) is 0 Å². The highest BCUT2D eigenvalue weighted by atomic mass is 79.9. The minimum atomic E-state index is 0.489. The SMILES string of the molecule is CCc1nn(CC)c(CC2COCCC2Br)c1Cl. The fourth-order valence-corrected chi connectivity index (χ4v) is 3.29. The number of aromatic nitrogens is 2. The Hall–Kier alpha value is -0.0600. The molecule has 0 aromatic carbocycles. The summed E-state index contributed by atoms with van der Waals surface area (Å²) in [6.45, 7) is 6.73. The molecule has 5 heteroatoms. The standard InChI is InChI=1S/C13H20BrClN2O/c1-3-11-13(15)12(17(4-2)16-11)7-9-8-18-6-5-10(9)14/h9-10H,3-8H2,1-2H3. The lowest BCUT2D eigenvalue weighted by atomic mass is 9.96. The smallest absolute Gasteiger partial charge is 0.0849 e. The predicted molar refractivity (Wildman–Crippen MR) is 77.6 cm³/mol. The molecule has 0 saturated carbocycles. The van der Waals surface area contributed by atoms with Crippen LogP contribution in [0.15, 0.2) is 0 Å². The number of aryl methyl sites for hydroxylation is 2. The van der Waals surface area contributed by atoms with Crippen molar-refractivity contribution in [3.8, 4) is 0 Å². The molecule has 1 aromatic heterocycles. The maximum atomic E-state index is 6.44. The molecule has 0 spiro atoms. The van der Waals surface area contributed by atoms with E-state index in [4.69, 9.17) is 16.3 Å². The summed E-state index contributed by atoms with van der Waals surface area (Å²) in [5, 5.41) is 5.42. The maximum absolute atomic E-state index is 6.44. The van der Waals surface area contributed by atoms with E-state index in [0.29, 0.717) is 10.7 Å². The Kier molecular flexibility index (Phi) is 5.10. The average molecular weight is 336 g/mol. The molecular formula is C13H20BrClN2O.